The predicted octanol–water partition coefficient (Wildman–Crippen LogP) is 5.10. The Kier molecular flexibility index (Phi) is 5.57. The van der Waals surface area contributed by atoms with Crippen molar-refractivity contribution in [3.63, 3.8) is 0 Å². The van der Waals surface area contributed by atoms with Gasteiger partial charge in [0.1, 0.15) is 0 Å². The van der Waals surface area contributed by atoms with Crippen molar-refractivity contribution in [3.8, 4) is 5.69 Å². The van der Waals surface area contributed by atoms with Crippen molar-refractivity contribution in [2.24, 2.45) is 4.99 Å². The predicted molar refractivity (Wildman–Crippen MR) is 108 cm³/mol. The Morgan fingerprint density at radius 1 is 1.08 bits per heavy atom. The van der Waals surface area contributed by atoms with Crippen LogP contribution in [0, 0.1) is 0 Å². The van der Waals surface area contributed by atoms with Gasteiger partial charge in [-0.15, -0.1) is 12.6 Å². The molecule has 0 fully saturated rings. The molecule has 0 radical (unpaired) electrons. The molecule has 0 unspecified atom stereocenters. The first-order chi connectivity index (χ1) is 11.5. The Bertz CT molecular complexity index is 931. The number of thiol groups is 1. The molecule has 122 valence electrons. The maximum Gasteiger partial charge on any atom is 0.225 e. The first-order valence-corrected chi connectivity index (χ1v) is 9.06. The minimum Gasteiger partial charge on any atom is -0.325 e. The van der Waals surface area contributed by atoms with Crippen molar-refractivity contribution >= 4 is 75.5 Å². The number of halogens is 2. The highest BCUT2D eigenvalue weighted by Gasteiger charge is 2.10. The Balaban J connectivity index is 2.09. The molecule has 0 saturated carbocycles. The van der Waals surface area contributed by atoms with E-state index in [4.69, 9.17) is 35.4 Å². The van der Waals surface area contributed by atoms with Gasteiger partial charge in [-0.2, -0.15) is 4.37 Å². The van der Waals surface area contributed by atoms with E-state index in [1.165, 1.54) is 11.5 Å². The van der Waals surface area contributed by atoms with Gasteiger partial charge in [-0.05, 0) is 48.5 Å². The van der Waals surface area contributed by atoms with Gasteiger partial charge in [-0.1, -0.05) is 35.4 Å². The van der Waals surface area contributed by atoms with Crippen molar-refractivity contribution in [1.29, 1.82) is 0 Å². The fourth-order valence-corrected chi connectivity index (χ4v) is 3.23. The maximum absolute atomic E-state index is 5.97. The van der Waals surface area contributed by atoms with Gasteiger partial charge in [0, 0.05) is 27.3 Å². The molecule has 0 atom stereocenters. The summed E-state index contributed by atoms with van der Waals surface area (Å²) in [5.74, 6) is 0.605. The number of thiocarbonyl (C=S) groups is 1. The fraction of sp³-hybridized carbons (Fsp3) is 0. The van der Waals surface area contributed by atoms with Crippen LogP contribution in [-0.2, 0) is 0 Å². The lowest BCUT2D eigenvalue weighted by molar-refractivity contribution is 1.00. The molecule has 9 heteroatoms. The SMILES string of the molecule is S=C(S)/N=c1\snc(Nc2ccc(Cl)cc2)n1-c1ccc(Cl)cc1. The number of hydrogen-bond acceptors (Lipinski definition) is 4. The molecule has 0 bridgehead atoms. The Hall–Kier alpha value is -1.38. The summed E-state index contributed by atoms with van der Waals surface area (Å²) >= 11 is 22.2. The minimum absolute atomic E-state index is 0.236. The molecule has 0 aliphatic rings. The molecule has 0 aliphatic carbocycles. The highest BCUT2D eigenvalue weighted by molar-refractivity contribution is 8.11. The molecular formula is C15H10Cl2N4S3. The smallest absolute Gasteiger partial charge is 0.225 e. The molecule has 1 N–H and O–H groups in total. The molecule has 0 spiro atoms. The van der Waals surface area contributed by atoms with Crippen LogP contribution in [0.25, 0.3) is 5.69 Å². The third kappa shape index (κ3) is 4.17. The van der Waals surface area contributed by atoms with Crippen LogP contribution < -0.4 is 10.1 Å². The largest absolute Gasteiger partial charge is 0.325 e. The van der Waals surface area contributed by atoms with Crippen LogP contribution >= 0.6 is 59.6 Å². The standard InChI is InChI=1S/C15H10Cl2N4S3/c16-9-1-5-11(6-2-9)18-13-20-24-14(19-15(22)23)21(13)12-7-3-10(17)4-8-12/h1-8H,(H,18,20)(H,22,23)/b19-14-. The van der Waals surface area contributed by atoms with Crippen molar-refractivity contribution in [2.45, 2.75) is 0 Å². The van der Waals surface area contributed by atoms with E-state index in [1.807, 2.05) is 28.8 Å². The lowest BCUT2D eigenvalue weighted by Gasteiger charge is -2.09. The van der Waals surface area contributed by atoms with E-state index < -0.39 is 0 Å². The highest BCUT2D eigenvalue weighted by atomic mass is 35.5. The van der Waals surface area contributed by atoms with Crippen LogP contribution in [0.2, 0.25) is 10.0 Å². The zero-order chi connectivity index (χ0) is 17.1. The number of hydrogen-bond donors (Lipinski definition) is 2. The molecule has 24 heavy (non-hydrogen) atoms. The third-order valence-corrected chi connectivity index (χ3v) is 4.39. The second kappa shape index (κ2) is 7.67. The molecule has 0 saturated heterocycles. The van der Waals surface area contributed by atoms with Gasteiger partial charge < -0.3 is 5.32 Å². The van der Waals surface area contributed by atoms with E-state index in [0.717, 1.165) is 11.4 Å². The van der Waals surface area contributed by atoms with Crippen LogP contribution in [0.5, 0.6) is 0 Å². The molecule has 3 rings (SSSR count). The summed E-state index contributed by atoms with van der Waals surface area (Å²) in [6.07, 6.45) is 0. The van der Waals surface area contributed by atoms with Crippen LogP contribution in [0.15, 0.2) is 53.5 Å². The summed E-state index contributed by atoms with van der Waals surface area (Å²) in [4.78, 5) is 4.86. The summed E-state index contributed by atoms with van der Waals surface area (Å²) in [6, 6.07) is 14.7. The van der Waals surface area contributed by atoms with Crippen LogP contribution in [0.3, 0.4) is 0 Å². The average Bonchev–Trinajstić information content (AvgIpc) is 2.92. The van der Waals surface area contributed by atoms with Gasteiger partial charge in [0.25, 0.3) is 0 Å². The summed E-state index contributed by atoms with van der Waals surface area (Å²) in [5, 5.41) is 4.57. The van der Waals surface area contributed by atoms with Crippen LogP contribution in [0.4, 0.5) is 11.6 Å². The third-order valence-electron chi connectivity index (χ3n) is 2.99. The van der Waals surface area contributed by atoms with Crippen molar-refractivity contribution in [3.05, 3.63) is 63.4 Å². The zero-order valence-corrected chi connectivity index (χ0v) is 16.0. The fourth-order valence-electron chi connectivity index (χ4n) is 1.97. The van der Waals surface area contributed by atoms with E-state index >= 15 is 0 Å². The summed E-state index contributed by atoms with van der Waals surface area (Å²) in [6.45, 7) is 0. The van der Waals surface area contributed by atoms with E-state index in [-0.39, 0.29) is 4.32 Å². The van der Waals surface area contributed by atoms with Crippen molar-refractivity contribution < 1.29 is 0 Å². The number of nitrogens with zero attached hydrogens (tertiary/aromatic N) is 3. The van der Waals surface area contributed by atoms with E-state index in [1.54, 1.807) is 24.3 Å². The van der Waals surface area contributed by atoms with Gasteiger partial charge in [0.2, 0.25) is 10.7 Å². The number of aromatic nitrogens is 2. The highest BCUT2D eigenvalue weighted by Crippen LogP contribution is 2.21. The quantitative estimate of drug-likeness (QED) is 0.464. The Morgan fingerprint density at radius 3 is 2.25 bits per heavy atom. The van der Waals surface area contributed by atoms with Crippen LogP contribution in [0.1, 0.15) is 0 Å². The molecule has 1 heterocycles. The summed E-state index contributed by atoms with van der Waals surface area (Å²) < 4.78 is 6.51. The van der Waals surface area contributed by atoms with E-state index in [0.29, 0.717) is 20.8 Å². The topological polar surface area (TPSA) is 42.2 Å². The van der Waals surface area contributed by atoms with Gasteiger partial charge in [0.15, 0.2) is 4.32 Å². The second-order valence-corrected chi connectivity index (χ2v) is 7.34. The van der Waals surface area contributed by atoms with E-state index in [9.17, 15) is 0 Å². The molecule has 4 nitrogen and oxygen atoms in total. The Labute approximate surface area is 163 Å². The lowest BCUT2D eigenvalue weighted by atomic mass is 10.3. The molecule has 2 aromatic carbocycles. The number of rotatable bonds is 3. The van der Waals surface area contributed by atoms with E-state index in [2.05, 4.69) is 27.3 Å². The maximum atomic E-state index is 5.97. The lowest BCUT2D eigenvalue weighted by Crippen LogP contribution is -2.15. The minimum atomic E-state index is 0.236. The molecular weight excluding hydrogens is 403 g/mol. The molecule has 3 aromatic rings. The molecule has 1 aromatic heterocycles. The van der Waals surface area contributed by atoms with Crippen LogP contribution in [-0.4, -0.2) is 13.3 Å². The van der Waals surface area contributed by atoms with Crippen molar-refractivity contribution in [1.82, 2.24) is 8.94 Å². The zero-order valence-electron chi connectivity index (χ0n) is 12.0. The number of anilines is 2. The van der Waals surface area contributed by atoms with Gasteiger partial charge in [-0.25, -0.2) is 4.99 Å². The van der Waals surface area contributed by atoms with Gasteiger partial charge >= 0.3 is 0 Å². The normalized spacial score (nSPS) is 11.5. The monoisotopic (exact) mass is 412 g/mol. The first-order valence-electron chi connectivity index (χ1n) is 6.68. The number of nitrogens with one attached hydrogen (secondary N) is 1. The summed E-state index contributed by atoms with van der Waals surface area (Å²) in [7, 11) is 0. The second-order valence-electron chi connectivity index (χ2n) is 4.63. The Morgan fingerprint density at radius 2 is 1.67 bits per heavy atom. The number of benzene rings is 2. The van der Waals surface area contributed by atoms with Gasteiger partial charge in [0.05, 0.1) is 5.69 Å². The summed E-state index contributed by atoms with van der Waals surface area (Å²) in [5.41, 5.74) is 1.71. The first kappa shape index (κ1) is 17.4. The molecule has 0 amide bonds. The average molecular weight is 413 g/mol. The van der Waals surface area contributed by atoms with Crippen molar-refractivity contribution in [2.75, 3.05) is 5.32 Å². The molecule has 0 aliphatic heterocycles. The van der Waals surface area contributed by atoms with Gasteiger partial charge in [-0.3, -0.25) is 4.57 Å².